The van der Waals surface area contributed by atoms with Crippen LogP contribution in [0.15, 0.2) is 30.7 Å². The van der Waals surface area contributed by atoms with E-state index in [1.54, 1.807) is 6.20 Å². The Balaban J connectivity index is 1.83. The molecule has 0 aliphatic carbocycles. The molecule has 0 spiro atoms. The highest BCUT2D eigenvalue weighted by molar-refractivity contribution is 5.92. The van der Waals surface area contributed by atoms with Crippen molar-refractivity contribution in [2.45, 2.75) is 24.9 Å². The fraction of sp³-hybridized carbons (Fsp3) is 0.500. The van der Waals surface area contributed by atoms with Crippen LogP contribution in [-0.2, 0) is 13.5 Å². The lowest BCUT2D eigenvalue weighted by atomic mass is 10.0. The molecule has 6 heteroatoms. The fourth-order valence-corrected chi connectivity index (χ4v) is 3.37. The second-order valence-electron chi connectivity index (χ2n) is 6.20. The molecule has 1 aliphatic rings. The van der Waals surface area contributed by atoms with Gasteiger partial charge in [-0.15, -0.1) is 0 Å². The predicted molar refractivity (Wildman–Crippen MR) is 84.6 cm³/mol. The second-order valence-corrected chi connectivity index (χ2v) is 6.20. The van der Waals surface area contributed by atoms with Crippen LogP contribution in [0.3, 0.4) is 0 Å². The molecule has 118 valence electrons. The molecule has 22 heavy (non-hydrogen) atoms. The first kappa shape index (κ1) is 14.8. The summed E-state index contributed by atoms with van der Waals surface area (Å²) in [4.78, 5) is 20.0. The minimum absolute atomic E-state index is 0.0863. The number of rotatable bonds is 4. The monoisotopic (exact) mass is 301 g/mol. The van der Waals surface area contributed by atoms with E-state index < -0.39 is 0 Å². The van der Waals surface area contributed by atoms with Gasteiger partial charge in [-0.05, 0) is 44.6 Å². The normalized spacial score (nSPS) is 21.7. The Morgan fingerprint density at radius 3 is 2.91 bits per heavy atom. The summed E-state index contributed by atoms with van der Waals surface area (Å²) in [5.74, 6) is 0.0863. The summed E-state index contributed by atoms with van der Waals surface area (Å²) in [6.45, 7) is 0.797. The van der Waals surface area contributed by atoms with Crippen LogP contribution < -0.4 is 0 Å². The number of carbonyl (C=O) groups is 1. The molecule has 1 fully saturated rings. The van der Waals surface area contributed by atoms with Gasteiger partial charge in [0.2, 0.25) is 0 Å². The van der Waals surface area contributed by atoms with E-state index in [-0.39, 0.29) is 11.9 Å². The van der Waals surface area contributed by atoms with Gasteiger partial charge in [-0.1, -0.05) is 0 Å². The third-order valence-corrected chi connectivity index (χ3v) is 4.47. The molecule has 1 N–H and O–H groups in total. The number of likely N-dealkylation sites (N-methyl/N-ethyl adjacent to an activating group) is 1. The first-order chi connectivity index (χ1) is 10.6. The zero-order chi connectivity index (χ0) is 15.7. The molecule has 6 nitrogen and oxygen atoms in total. The molecular formula is C16H23N5O. The van der Waals surface area contributed by atoms with E-state index in [4.69, 9.17) is 0 Å². The molecule has 2 atom stereocenters. The van der Waals surface area contributed by atoms with Gasteiger partial charge >= 0.3 is 0 Å². The van der Waals surface area contributed by atoms with Crippen LogP contribution in [-0.4, -0.2) is 63.2 Å². The van der Waals surface area contributed by atoms with Crippen molar-refractivity contribution in [1.29, 1.82) is 0 Å². The number of H-pyrrole nitrogens is 1. The van der Waals surface area contributed by atoms with Crippen LogP contribution in [0.4, 0.5) is 0 Å². The van der Waals surface area contributed by atoms with Crippen LogP contribution in [0.25, 0.3) is 0 Å². The van der Waals surface area contributed by atoms with E-state index in [0.29, 0.717) is 11.7 Å². The Labute approximate surface area is 130 Å². The van der Waals surface area contributed by atoms with E-state index in [1.165, 1.54) is 5.56 Å². The molecule has 0 radical (unpaired) electrons. The predicted octanol–water partition coefficient (Wildman–Crippen LogP) is 1.14. The maximum Gasteiger partial charge on any atom is 0.270 e. The van der Waals surface area contributed by atoms with Crippen molar-refractivity contribution >= 4 is 5.91 Å². The Hall–Kier alpha value is -2.08. The summed E-state index contributed by atoms with van der Waals surface area (Å²) in [5, 5.41) is 4.24. The average Bonchev–Trinajstić information content (AvgIpc) is 3.19. The molecule has 1 saturated heterocycles. The number of carbonyl (C=O) groups excluding carboxylic acids is 1. The van der Waals surface area contributed by atoms with Crippen LogP contribution in [0.1, 0.15) is 22.5 Å². The molecule has 0 bridgehead atoms. The Bertz CT molecular complexity index is 631. The zero-order valence-corrected chi connectivity index (χ0v) is 13.4. The van der Waals surface area contributed by atoms with E-state index >= 15 is 0 Å². The van der Waals surface area contributed by atoms with Gasteiger partial charge in [0.1, 0.15) is 5.69 Å². The maximum absolute atomic E-state index is 12.7. The minimum Gasteiger partial charge on any atom is -0.357 e. The van der Waals surface area contributed by atoms with Crippen molar-refractivity contribution in [2.75, 3.05) is 20.6 Å². The lowest BCUT2D eigenvalue weighted by Crippen LogP contribution is -2.45. The van der Waals surface area contributed by atoms with E-state index in [9.17, 15) is 4.79 Å². The lowest BCUT2D eigenvalue weighted by molar-refractivity contribution is 0.0699. The van der Waals surface area contributed by atoms with E-state index in [1.807, 2.05) is 41.2 Å². The number of aryl methyl sites for hydroxylation is 1. The molecule has 3 heterocycles. The highest BCUT2D eigenvalue weighted by Gasteiger charge is 2.38. The molecule has 2 aromatic heterocycles. The molecule has 1 aliphatic heterocycles. The zero-order valence-electron chi connectivity index (χ0n) is 13.4. The van der Waals surface area contributed by atoms with Crippen molar-refractivity contribution in [1.82, 2.24) is 24.6 Å². The van der Waals surface area contributed by atoms with Crippen molar-refractivity contribution in [3.8, 4) is 0 Å². The smallest absolute Gasteiger partial charge is 0.270 e. The first-order valence-electron chi connectivity index (χ1n) is 7.64. The molecular weight excluding hydrogens is 278 g/mol. The standard InChI is InChI=1S/C16H23N5O/c1-19(2)14-6-8-21(16(22)13-5-4-7-17-13)15(14)9-12-10-18-20(3)11-12/h4-5,7,10-11,14-15,17H,6,8-9H2,1-3H3/t14-,15+/m1/s1. The van der Waals surface area contributed by atoms with Crippen LogP contribution in [0, 0.1) is 0 Å². The SMILES string of the molecule is CN(C)[C@@H]1CCN(C(=O)c2ccc[nH]2)[C@H]1Cc1cnn(C)c1. The Kier molecular flexibility index (Phi) is 4.02. The van der Waals surface area contributed by atoms with Crippen LogP contribution in [0.5, 0.6) is 0 Å². The highest BCUT2D eigenvalue weighted by atomic mass is 16.2. The summed E-state index contributed by atoms with van der Waals surface area (Å²) in [6, 6.07) is 4.25. The van der Waals surface area contributed by atoms with Gasteiger partial charge in [0.05, 0.1) is 12.2 Å². The first-order valence-corrected chi connectivity index (χ1v) is 7.64. The highest BCUT2D eigenvalue weighted by Crippen LogP contribution is 2.26. The largest absolute Gasteiger partial charge is 0.357 e. The van der Waals surface area contributed by atoms with Crippen molar-refractivity contribution in [3.63, 3.8) is 0 Å². The number of aromatic amines is 1. The molecule has 0 unspecified atom stereocenters. The molecule has 0 aromatic carbocycles. The van der Waals surface area contributed by atoms with Crippen molar-refractivity contribution in [2.24, 2.45) is 7.05 Å². The summed E-state index contributed by atoms with van der Waals surface area (Å²) in [5.41, 5.74) is 1.83. The van der Waals surface area contributed by atoms with E-state index in [0.717, 1.165) is 19.4 Å². The van der Waals surface area contributed by atoms with Crippen LogP contribution >= 0.6 is 0 Å². The number of nitrogens with one attached hydrogen (secondary N) is 1. The minimum atomic E-state index is 0.0863. The molecule has 0 saturated carbocycles. The number of hydrogen-bond donors (Lipinski definition) is 1. The van der Waals surface area contributed by atoms with Crippen molar-refractivity contribution in [3.05, 3.63) is 42.0 Å². The maximum atomic E-state index is 12.7. The number of amides is 1. The number of nitrogens with zero attached hydrogens (tertiary/aromatic N) is 4. The van der Waals surface area contributed by atoms with Crippen LogP contribution in [0.2, 0.25) is 0 Å². The summed E-state index contributed by atoms with van der Waals surface area (Å²) < 4.78 is 1.81. The molecule has 1 amide bonds. The topological polar surface area (TPSA) is 57.2 Å². The van der Waals surface area contributed by atoms with Gasteiger partial charge < -0.3 is 14.8 Å². The number of hydrogen-bond acceptors (Lipinski definition) is 3. The summed E-state index contributed by atoms with van der Waals surface area (Å²) >= 11 is 0. The second kappa shape index (κ2) is 5.96. The average molecular weight is 301 g/mol. The van der Waals surface area contributed by atoms with Gasteiger partial charge in [-0.25, -0.2) is 0 Å². The summed E-state index contributed by atoms with van der Waals surface area (Å²) in [7, 11) is 6.09. The van der Waals surface area contributed by atoms with Gasteiger partial charge in [0.15, 0.2) is 0 Å². The number of aromatic nitrogens is 3. The molecule has 2 aromatic rings. The lowest BCUT2D eigenvalue weighted by Gasteiger charge is -2.31. The van der Waals surface area contributed by atoms with Gasteiger partial charge in [-0.2, -0.15) is 5.10 Å². The van der Waals surface area contributed by atoms with Gasteiger partial charge in [-0.3, -0.25) is 9.48 Å². The Morgan fingerprint density at radius 2 is 2.32 bits per heavy atom. The molecule has 3 rings (SSSR count). The Morgan fingerprint density at radius 1 is 1.50 bits per heavy atom. The quantitative estimate of drug-likeness (QED) is 0.921. The third-order valence-electron chi connectivity index (χ3n) is 4.47. The van der Waals surface area contributed by atoms with Crippen molar-refractivity contribution < 1.29 is 4.79 Å². The van der Waals surface area contributed by atoms with E-state index in [2.05, 4.69) is 29.1 Å². The summed E-state index contributed by atoms with van der Waals surface area (Å²) in [6.07, 6.45) is 7.56. The number of likely N-dealkylation sites (tertiary alicyclic amines) is 1. The fourth-order valence-electron chi connectivity index (χ4n) is 3.37. The third kappa shape index (κ3) is 2.78. The van der Waals surface area contributed by atoms with Gasteiger partial charge in [0, 0.05) is 32.0 Å². The van der Waals surface area contributed by atoms with Gasteiger partial charge in [0.25, 0.3) is 5.91 Å².